The summed E-state index contributed by atoms with van der Waals surface area (Å²) in [5, 5.41) is 3.39. The van der Waals surface area contributed by atoms with Gasteiger partial charge in [-0.2, -0.15) is 0 Å². The van der Waals surface area contributed by atoms with E-state index in [2.05, 4.69) is 5.32 Å². The Hall–Kier alpha value is -1.76. The average Bonchev–Trinajstić information content (AvgIpc) is 2.48. The number of sulfonamides is 1. The Balaban J connectivity index is 2.44. The summed E-state index contributed by atoms with van der Waals surface area (Å²) in [6, 6.07) is 9.16. The third-order valence-corrected chi connectivity index (χ3v) is 5.54. The number of benzene rings is 2. The molecule has 0 radical (unpaired) electrons. The van der Waals surface area contributed by atoms with Crippen LogP contribution in [0.2, 0.25) is 10.0 Å². The van der Waals surface area contributed by atoms with Crippen LogP contribution in [0.4, 0.5) is 11.4 Å². The van der Waals surface area contributed by atoms with Gasteiger partial charge in [0.15, 0.2) is 0 Å². The second kappa shape index (κ2) is 8.50. The van der Waals surface area contributed by atoms with Crippen LogP contribution in [-0.4, -0.2) is 26.6 Å². The van der Waals surface area contributed by atoms with Gasteiger partial charge in [0.05, 0.1) is 11.9 Å². The minimum atomic E-state index is -3.76. The fourth-order valence-electron chi connectivity index (χ4n) is 3.00. The summed E-state index contributed by atoms with van der Waals surface area (Å²) in [4.78, 5) is 12.9. The molecule has 1 N–H and O–H groups in total. The van der Waals surface area contributed by atoms with Crippen molar-refractivity contribution in [3.8, 4) is 0 Å². The van der Waals surface area contributed by atoms with E-state index in [4.69, 9.17) is 23.2 Å². The second-order valence-electron chi connectivity index (χ2n) is 6.48. The lowest BCUT2D eigenvalue weighted by molar-refractivity contribution is -0.117. The van der Waals surface area contributed by atoms with Gasteiger partial charge in [-0.1, -0.05) is 36.2 Å². The highest BCUT2D eigenvalue weighted by Crippen LogP contribution is 2.30. The van der Waals surface area contributed by atoms with Crippen molar-refractivity contribution in [1.29, 1.82) is 0 Å². The molecule has 8 heteroatoms. The molecule has 2 aromatic rings. The minimum absolute atomic E-state index is 0.248. The molecule has 1 amide bonds. The van der Waals surface area contributed by atoms with E-state index < -0.39 is 22.0 Å². The van der Waals surface area contributed by atoms with Crippen LogP contribution < -0.4 is 9.62 Å². The van der Waals surface area contributed by atoms with Gasteiger partial charge in [-0.05, 0) is 61.7 Å². The molecule has 0 aromatic heterocycles. The van der Waals surface area contributed by atoms with Gasteiger partial charge in [0.1, 0.15) is 6.04 Å². The molecule has 2 rings (SSSR count). The number of aryl methyl sites for hydroxylation is 2. The van der Waals surface area contributed by atoms with Gasteiger partial charge in [-0.3, -0.25) is 9.10 Å². The summed E-state index contributed by atoms with van der Waals surface area (Å²) in [7, 11) is -3.76. The first-order chi connectivity index (χ1) is 12.5. The fraction of sp³-hybridized carbons (Fsp3) is 0.316. The first-order valence-corrected chi connectivity index (χ1v) is 11.0. The molecule has 0 bridgehead atoms. The quantitative estimate of drug-likeness (QED) is 0.718. The monoisotopic (exact) mass is 428 g/mol. The lowest BCUT2D eigenvalue weighted by atomic mass is 10.1. The molecule has 0 heterocycles. The maximum Gasteiger partial charge on any atom is 0.248 e. The van der Waals surface area contributed by atoms with Gasteiger partial charge >= 0.3 is 0 Å². The molecule has 0 saturated carbocycles. The molecule has 0 aliphatic heterocycles. The maximum absolute atomic E-state index is 12.9. The van der Waals surface area contributed by atoms with Crippen molar-refractivity contribution in [2.75, 3.05) is 15.9 Å². The molecule has 1 unspecified atom stereocenters. The molecule has 146 valence electrons. The van der Waals surface area contributed by atoms with Gasteiger partial charge in [0.2, 0.25) is 15.9 Å². The van der Waals surface area contributed by atoms with E-state index in [0.29, 0.717) is 5.69 Å². The summed E-state index contributed by atoms with van der Waals surface area (Å²) >= 11 is 12.1. The lowest BCUT2D eigenvalue weighted by Crippen LogP contribution is -2.47. The van der Waals surface area contributed by atoms with Crippen LogP contribution >= 0.6 is 23.2 Å². The zero-order valence-corrected chi connectivity index (χ0v) is 17.9. The number of halogens is 2. The van der Waals surface area contributed by atoms with Crippen molar-refractivity contribution in [1.82, 2.24) is 0 Å². The van der Waals surface area contributed by atoms with Crippen LogP contribution in [0.1, 0.15) is 24.5 Å². The summed E-state index contributed by atoms with van der Waals surface area (Å²) in [5.41, 5.74) is 2.87. The smallest absolute Gasteiger partial charge is 0.248 e. The van der Waals surface area contributed by atoms with E-state index in [1.54, 1.807) is 6.92 Å². The van der Waals surface area contributed by atoms with Crippen LogP contribution in [0.25, 0.3) is 0 Å². The van der Waals surface area contributed by atoms with Crippen molar-refractivity contribution < 1.29 is 13.2 Å². The molecular formula is C19H22Cl2N2O3S. The zero-order chi connectivity index (χ0) is 20.4. The lowest BCUT2D eigenvalue weighted by Gasteiger charge is -2.30. The topological polar surface area (TPSA) is 66.5 Å². The second-order valence-corrected chi connectivity index (χ2v) is 9.21. The number of hydrogen-bond donors (Lipinski definition) is 1. The Labute approximate surface area is 170 Å². The van der Waals surface area contributed by atoms with E-state index in [1.165, 1.54) is 18.2 Å². The molecule has 0 aliphatic carbocycles. The van der Waals surface area contributed by atoms with Gasteiger partial charge in [-0.15, -0.1) is 0 Å². The predicted molar refractivity (Wildman–Crippen MR) is 112 cm³/mol. The molecule has 27 heavy (non-hydrogen) atoms. The van der Waals surface area contributed by atoms with Crippen LogP contribution in [-0.2, 0) is 14.8 Å². The number of carbonyl (C=O) groups excluding carboxylic acids is 1. The Morgan fingerprint density at radius 3 is 2.00 bits per heavy atom. The molecular weight excluding hydrogens is 407 g/mol. The normalized spacial score (nSPS) is 12.5. The maximum atomic E-state index is 12.9. The Kier molecular flexibility index (Phi) is 6.78. The van der Waals surface area contributed by atoms with Crippen molar-refractivity contribution >= 4 is 50.5 Å². The van der Waals surface area contributed by atoms with Crippen molar-refractivity contribution in [3.05, 3.63) is 57.6 Å². The highest BCUT2D eigenvalue weighted by Gasteiger charge is 2.32. The van der Waals surface area contributed by atoms with E-state index in [0.717, 1.165) is 21.7 Å². The standard InChI is InChI=1S/C19H22Cl2N2O3S/c1-5-18(19(24)22-16-7-12(2)6-13(3)8-16)23(27(4,25)26)17-10-14(20)9-15(21)11-17/h6-11,18H,5H2,1-4H3,(H,22,24). The first-order valence-electron chi connectivity index (χ1n) is 8.36. The number of nitrogens with zero attached hydrogens (tertiary/aromatic N) is 1. The van der Waals surface area contributed by atoms with Crippen LogP contribution in [0.5, 0.6) is 0 Å². The molecule has 0 saturated heterocycles. The molecule has 0 aliphatic rings. The van der Waals surface area contributed by atoms with Crippen molar-refractivity contribution in [2.45, 2.75) is 33.2 Å². The fourth-order valence-corrected chi connectivity index (χ4v) is 4.71. The molecule has 5 nitrogen and oxygen atoms in total. The van der Waals surface area contributed by atoms with Gasteiger partial charge in [-0.25, -0.2) is 8.42 Å². The van der Waals surface area contributed by atoms with Gasteiger partial charge in [0, 0.05) is 15.7 Å². The molecule has 1 atom stereocenters. The Morgan fingerprint density at radius 2 is 1.56 bits per heavy atom. The summed E-state index contributed by atoms with van der Waals surface area (Å²) in [6.45, 7) is 5.60. The van der Waals surface area contributed by atoms with E-state index in [1.807, 2.05) is 32.0 Å². The van der Waals surface area contributed by atoms with Gasteiger partial charge < -0.3 is 5.32 Å². The van der Waals surface area contributed by atoms with Crippen LogP contribution in [0.3, 0.4) is 0 Å². The van der Waals surface area contributed by atoms with Crippen LogP contribution in [0.15, 0.2) is 36.4 Å². The molecule has 2 aromatic carbocycles. The average molecular weight is 429 g/mol. The van der Waals surface area contributed by atoms with E-state index >= 15 is 0 Å². The number of rotatable bonds is 6. The largest absolute Gasteiger partial charge is 0.324 e. The summed E-state index contributed by atoms with van der Waals surface area (Å²) in [5.74, 6) is -0.427. The number of nitrogens with one attached hydrogen (secondary N) is 1. The molecule has 0 spiro atoms. The van der Waals surface area contributed by atoms with E-state index in [9.17, 15) is 13.2 Å². The van der Waals surface area contributed by atoms with Crippen molar-refractivity contribution in [3.63, 3.8) is 0 Å². The Morgan fingerprint density at radius 1 is 1.04 bits per heavy atom. The molecule has 0 fully saturated rings. The third-order valence-electron chi connectivity index (χ3n) is 3.92. The summed E-state index contributed by atoms with van der Waals surface area (Å²) in [6.07, 6.45) is 1.32. The number of carbonyl (C=O) groups is 1. The van der Waals surface area contributed by atoms with Gasteiger partial charge in [0.25, 0.3) is 0 Å². The predicted octanol–water partition coefficient (Wildman–Crippen LogP) is 4.79. The zero-order valence-electron chi connectivity index (χ0n) is 15.6. The Bertz CT molecular complexity index is 921. The summed E-state index contributed by atoms with van der Waals surface area (Å²) < 4.78 is 26.0. The highest BCUT2D eigenvalue weighted by molar-refractivity contribution is 7.92. The SMILES string of the molecule is CCC(C(=O)Nc1cc(C)cc(C)c1)N(c1cc(Cl)cc(Cl)c1)S(C)(=O)=O. The van der Waals surface area contributed by atoms with Crippen LogP contribution in [0, 0.1) is 13.8 Å². The van der Waals surface area contributed by atoms with E-state index in [-0.39, 0.29) is 22.2 Å². The highest BCUT2D eigenvalue weighted by atomic mass is 35.5. The number of amides is 1. The number of anilines is 2. The minimum Gasteiger partial charge on any atom is -0.324 e. The first kappa shape index (κ1) is 21.5. The third kappa shape index (κ3) is 5.61. The number of hydrogen-bond acceptors (Lipinski definition) is 3. The van der Waals surface area contributed by atoms with Crippen molar-refractivity contribution in [2.24, 2.45) is 0 Å².